The van der Waals surface area contributed by atoms with E-state index in [0.717, 1.165) is 44.2 Å². The van der Waals surface area contributed by atoms with Gasteiger partial charge in [-0.15, -0.1) is 0 Å². The molecule has 37 heavy (non-hydrogen) atoms. The van der Waals surface area contributed by atoms with Crippen molar-refractivity contribution in [3.63, 3.8) is 0 Å². The zero-order chi connectivity index (χ0) is 26.6. The lowest BCUT2D eigenvalue weighted by molar-refractivity contribution is -0.143. The molecule has 2 saturated carbocycles. The van der Waals surface area contributed by atoms with Crippen molar-refractivity contribution in [2.75, 3.05) is 13.6 Å². The number of aromatic nitrogens is 4. The van der Waals surface area contributed by atoms with Crippen LogP contribution in [0.5, 0.6) is 5.88 Å². The van der Waals surface area contributed by atoms with Gasteiger partial charge < -0.3 is 15.8 Å². The summed E-state index contributed by atoms with van der Waals surface area (Å²) in [4.78, 5) is 36.0. The summed E-state index contributed by atoms with van der Waals surface area (Å²) < 4.78 is 8.00. The molecule has 2 heterocycles. The average Bonchev–Trinajstić information content (AvgIpc) is 3.33. The predicted molar refractivity (Wildman–Crippen MR) is 143 cm³/mol. The van der Waals surface area contributed by atoms with Gasteiger partial charge >= 0.3 is 0 Å². The second-order valence-corrected chi connectivity index (χ2v) is 10.7. The third kappa shape index (κ3) is 5.76. The molecule has 0 amide bonds. The second-order valence-electron chi connectivity index (χ2n) is 10.7. The smallest absolute Gasteiger partial charge is 0.217 e. The molecule has 0 saturated heterocycles. The highest BCUT2D eigenvalue weighted by molar-refractivity contribution is 6.17. The molecule has 2 aromatic heterocycles. The fourth-order valence-electron chi connectivity index (χ4n) is 5.52. The van der Waals surface area contributed by atoms with E-state index in [9.17, 15) is 9.59 Å². The molecule has 0 radical (unpaired) electrons. The van der Waals surface area contributed by atoms with E-state index in [0.29, 0.717) is 48.7 Å². The SMILES string of the molecule is CNCCC[C@H](C)[C@H](C)Oc1cc(-c2cnn(C)c2)nc(C(N)=C2CCC[C@@]3(CCCCC3=O)C2=O)n1. The number of ether oxygens (including phenoxy) is 1. The summed E-state index contributed by atoms with van der Waals surface area (Å²) in [5.41, 5.74) is 7.85. The molecule has 200 valence electrons. The Morgan fingerprint density at radius 3 is 2.68 bits per heavy atom. The number of carbonyl (C=O) groups excluding carboxylic acids is 2. The average molecular weight is 509 g/mol. The lowest BCUT2D eigenvalue weighted by atomic mass is 9.62. The first-order chi connectivity index (χ1) is 17.7. The molecule has 0 bridgehead atoms. The number of nitrogens with zero attached hydrogens (tertiary/aromatic N) is 4. The van der Waals surface area contributed by atoms with Gasteiger partial charge in [0.1, 0.15) is 11.9 Å². The van der Waals surface area contributed by atoms with Crippen LogP contribution >= 0.6 is 0 Å². The summed E-state index contributed by atoms with van der Waals surface area (Å²) in [6.07, 6.45) is 10.3. The number of carbonyl (C=O) groups is 2. The Bertz CT molecular complexity index is 1170. The van der Waals surface area contributed by atoms with E-state index in [-0.39, 0.29) is 29.2 Å². The quantitative estimate of drug-likeness (QED) is 0.297. The van der Waals surface area contributed by atoms with Gasteiger partial charge in [-0.2, -0.15) is 10.1 Å². The van der Waals surface area contributed by atoms with Gasteiger partial charge in [-0.1, -0.05) is 13.3 Å². The van der Waals surface area contributed by atoms with Gasteiger partial charge in [0, 0.05) is 36.9 Å². The molecule has 9 heteroatoms. The number of nitrogens with one attached hydrogen (secondary N) is 1. The molecular weight excluding hydrogens is 468 g/mol. The van der Waals surface area contributed by atoms with E-state index in [1.807, 2.05) is 27.2 Å². The van der Waals surface area contributed by atoms with Crippen LogP contribution in [0.2, 0.25) is 0 Å². The molecule has 1 spiro atoms. The number of nitrogens with two attached hydrogens (primary N) is 1. The van der Waals surface area contributed by atoms with Crippen LogP contribution in [-0.2, 0) is 16.6 Å². The fraction of sp³-hybridized carbons (Fsp3) is 0.607. The van der Waals surface area contributed by atoms with Crippen LogP contribution < -0.4 is 15.8 Å². The summed E-state index contributed by atoms with van der Waals surface area (Å²) in [5.74, 6) is 0.915. The second kappa shape index (κ2) is 11.5. The highest BCUT2D eigenvalue weighted by Gasteiger charge is 2.49. The monoisotopic (exact) mass is 508 g/mol. The highest BCUT2D eigenvalue weighted by atomic mass is 16.5. The largest absolute Gasteiger partial charge is 0.474 e. The highest BCUT2D eigenvalue weighted by Crippen LogP contribution is 2.45. The van der Waals surface area contributed by atoms with Crippen LogP contribution in [0.4, 0.5) is 0 Å². The van der Waals surface area contributed by atoms with Gasteiger partial charge in [-0.3, -0.25) is 14.3 Å². The molecular formula is C28H40N6O3. The zero-order valence-corrected chi connectivity index (χ0v) is 22.5. The van der Waals surface area contributed by atoms with E-state index in [1.165, 1.54) is 0 Å². The van der Waals surface area contributed by atoms with Crippen LogP contribution in [0.15, 0.2) is 24.0 Å². The summed E-state index contributed by atoms with van der Waals surface area (Å²) in [6, 6.07) is 1.80. The summed E-state index contributed by atoms with van der Waals surface area (Å²) in [7, 11) is 3.80. The molecule has 0 aliphatic heterocycles. The molecule has 2 aliphatic rings. The Balaban J connectivity index is 1.69. The summed E-state index contributed by atoms with van der Waals surface area (Å²) in [5, 5.41) is 7.45. The van der Waals surface area contributed by atoms with Gasteiger partial charge in [0.25, 0.3) is 0 Å². The standard InChI is InChI=1S/C28H40N6O3/c1-18(9-8-14-30-3)19(2)37-24-15-22(20-16-31-34(4)17-20)32-27(33-24)25(29)21-10-7-13-28(26(21)36)12-6-5-11-23(28)35/h15-19,30H,5-14,29H2,1-4H3/t18-,19-,28+/m0/s1. The number of allylic oxidation sites excluding steroid dienone is 1. The Morgan fingerprint density at radius 1 is 1.19 bits per heavy atom. The maximum atomic E-state index is 13.7. The first-order valence-corrected chi connectivity index (χ1v) is 13.5. The normalized spacial score (nSPS) is 23.2. The van der Waals surface area contributed by atoms with Crippen molar-refractivity contribution in [2.45, 2.75) is 77.7 Å². The van der Waals surface area contributed by atoms with Crippen LogP contribution in [0.1, 0.15) is 77.5 Å². The third-order valence-electron chi connectivity index (χ3n) is 7.99. The predicted octanol–water partition coefficient (Wildman–Crippen LogP) is 3.83. The summed E-state index contributed by atoms with van der Waals surface area (Å²) in [6.45, 7) is 5.17. The molecule has 3 N–H and O–H groups in total. The summed E-state index contributed by atoms with van der Waals surface area (Å²) >= 11 is 0. The van der Waals surface area contributed by atoms with Crippen LogP contribution in [0.3, 0.4) is 0 Å². The van der Waals surface area contributed by atoms with Gasteiger partial charge in [0.05, 0.1) is 23.0 Å². The fourth-order valence-corrected chi connectivity index (χ4v) is 5.52. The molecule has 3 atom stereocenters. The molecule has 0 unspecified atom stereocenters. The van der Waals surface area contributed by atoms with Gasteiger partial charge in [-0.05, 0) is 71.4 Å². The number of rotatable bonds is 9. The number of hydrogen-bond acceptors (Lipinski definition) is 8. The third-order valence-corrected chi connectivity index (χ3v) is 7.99. The first-order valence-electron chi connectivity index (χ1n) is 13.5. The molecule has 2 aromatic rings. The van der Waals surface area contributed by atoms with Gasteiger partial charge in [0.2, 0.25) is 5.88 Å². The van der Waals surface area contributed by atoms with Crippen molar-refractivity contribution in [2.24, 2.45) is 24.1 Å². The van der Waals surface area contributed by atoms with Crippen LogP contribution in [0, 0.1) is 11.3 Å². The number of Topliss-reactive ketones (excluding diaryl/α,β-unsaturated/α-hetero) is 2. The Morgan fingerprint density at radius 2 is 1.97 bits per heavy atom. The van der Waals surface area contributed by atoms with Crippen LogP contribution in [-0.4, -0.2) is 51.0 Å². The maximum Gasteiger partial charge on any atom is 0.217 e. The molecule has 2 aliphatic carbocycles. The minimum absolute atomic E-state index is 0.0592. The minimum Gasteiger partial charge on any atom is -0.474 e. The zero-order valence-electron chi connectivity index (χ0n) is 22.5. The van der Waals surface area contributed by atoms with E-state index < -0.39 is 5.41 Å². The Labute approximate surface area is 219 Å². The van der Waals surface area contributed by atoms with E-state index >= 15 is 0 Å². The van der Waals surface area contributed by atoms with Crippen molar-refractivity contribution >= 4 is 17.3 Å². The maximum absolute atomic E-state index is 13.7. The lowest BCUT2D eigenvalue weighted by Crippen LogP contribution is -2.45. The van der Waals surface area contributed by atoms with Crippen molar-refractivity contribution in [1.82, 2.24) is 25.1 Å². The van der Waals surface area contributed by atoms with Crippen molar-refractivity contribution in [1.29, 1.82) is 0 Å². The van der Waals surface area contributed by atoms with E-state index in [1.54, 1.807) is 16.9 Å². The number of hydrogen-bond donors (Lipinski definition) is 2. The molecule has 9 nitrogen and oxygen atoms in total. The van der Waals surface area contributed by atoms with E-state index in [2.05, 4.69) is 22.3 Å². The molecule has 4 rings (SSSR count). The Hall–Kier alpha value is -3.07. The van der Waals surface area contributed by atoms with Crippen molar-refractivity contribution in [3.8, 4) is 17.1 Å². The van der Waals surface area contributed by atoms with E-state index in [4.69, 9.17) is 15.5 Å². The number of aryl methyl sites for hydroxylation is 1. The molecule has 2 fully saturated rings. The molecule has 0 aromatic carbocycles. The van der Waals surface area contributed by atoms with Crippen molar-refractivity contribution < 1.29 is 14.3 Å². The Kier molecular flexibility index (Phi) is 8.42. The van der Waals surface area contributed by atoms with Gasteiger partial charge in [-0.25, -0.2) is 4.98 Å². The van der Waals surface area contributed by atoms with Crippen LogP contribution in [0.25, 0.3) is 17.0 Å². The minimum atomic E-state index is -0.923. The lowest BCUT2D eigenvalue weighted by Gasteiger charge is -2.38. The van der Waals surface area contributed by atoms with Crippen molar-refractivity contribution in [3.05, 3.63) is 29.9 Å². The number of ketones is 2. The first kappa shape index (κ1) is 27.0. The topological polar surface area (TPSA) is 125 Å². The van der Waals surface area contributed by atoms with Gasteiger partial charge in [0.15, 0.2) is 11.6 Å².